The summed E-state index contributed by atoms with van der Waals surface area (Å²) in [6.07, 6.45) is 7.76. The van der Waals surface area contributed by atoms with E-state index >= 15 is 0 Å². The van der Waals surface area contributed by atoms with Gasteiger partial charge >= 0.3 is 0 Å². The number of ether oxygens (including phenoxy) is 2. The maximum Gasteiger partial charge on any atom is 0.224 e. The second-order valence-corrected chi connectivity index (χ2v) is 7.81. The third kappa shape index (κ3) is 4.14. The van der Waals surface area contributed by atoms with Crippen LogP contribution in [0.1, 0.15) is 44.1 Å². The van der Waals surface area contributed by atoms with Crippen LogP contribution < -0.4 is 14.8 Å². The topological polar surface area (TPSA) is 50.8 Å². The summed E-state index contributed by atoms with van der Waals surface area (Å²) in [6.45, 7) is 4.65. The van der Waals surface area contributed by atoms with Crippen molar-refractivity contribution in [2.45, 2.75) is 51.0 Å². The molecule has 1 amide bonds. The van der Waals surface area contributed by atoms with Gasteiger partial charge in [0.2, 0.25) is 5.91 Å². The third-order valence-electron chi connectivity index (χ3n) is 5.97. The molecule has 2 saturated heterocycles. The molecule has 1 N–H and O–H groups in total. The maximum atomic E-state index is 12.5. The molecule has 3 aliphatic rings. The first-order chi connectivity index (χ1) is 12.8. The highest BCUT2D eigenvalue weighted by atomic mass is 16.5. The summed E-state index contributed by atoms with van der Waals surface area (Å²) < 4.78 is 11.4. The van der Waals surface area contributed by atoms with E-state index in [1.54, 1.807) is 0 Å². The Bertz CT molecular complexity index is 632. The molecular formula is C21H30N2O3. The second kappa shape index (κ2) is 8.30. The van der Waals surface area contributed by atoms with Crippen LogP contribution in [-0.2, 0) is 11.2 Å². The normalized spacial score (nSPS) is 25.8. The number of fused-ring (bicyclic) bond motifs is 2. The summed E-state index contributed by atoms with van der Waals surface area (Å²) in [5.41, 5.74) is 0.981. The molecule has 0 bridgehead atoms. The van der Waals surface area contributed by atoms with Crippen LogP contribution in [0.2, 0.25) is 0 Å². The molecular weight excluding hydrogens is 328 g/mol. The van der Waals surface area contributed by atoms with Gasteiger partial charge in [0.05, 0.1) is 19.6 Å². The molecule has 2 atom stereocenters. The highest BCUT2D eigenvalue weighted by Gasteiger charge is 2.32. The van der Waals surface area contributed by atoms with E-state index in [-0.39, 0.29) is 5.91 Å². The summed E-state index contributed by atoms with van der Waals surface area (Å²) in [5, 5.41) is 3.19. The largest absolute Gasteiger partial charge is 0.490 e. The zero-order chi connectivity index (χ0) is 17.8. The van der Waals surface area contributed by atoms with Gasteiger partial charge in [-0.1, -0.05) is 12.5 Å². The molecule has 0 unspecified atom stereocenters. The smallest absolute Gasteiger partial charge is 0.224 e. The van der Waals surface area contributed by atoms with Gasteiger partial charge in [-0.2, -0.15) is 0 Å². The van der Waals surface area contributed by atoms with E-state index in [1.807, 2.05) is 18.2 Å². The molecule has 3 aliphatic heterocycles. The van der Waals surface area contributed by atoms with Crippen LogP contribution in [0.25, 0.3) is 0 Å². The Kier molecular flexibility index (Phi) is 5.63. The van der Waals surface area contributed by atoms with E-state index in [0.29, 0.717) is 31.6 Å². The predicted molar refractivity (Wildman–Crippen MR) is 101 cm³/mol. The van der Waals surface area contributed by atoms with E-state index in [2.05, 4.69) is 10.2 Å². The number of nitrogens with one attached hydrogen (secondary N) is 1. The molecule has 1 aromatic carbocycles. The van der Waals surface area contributed by atoms with Crippen LogP contribution in [0.15, 0.2) is 18.2 Å². The Morgan fingerprint density at radius 1 is 1.04 bits per heavy atom. The average molecular weight is 358 g/mol. The molecule has 3 heterocycles. The van der Waals surface area contributed by atoms with Gasteiger partial charge in [-0.3, -0.25) is 4.79 Å². The first-order valence-electron chi connectivity index (χ1n) is 10.2. The van der Waals surface area contributed by atoms with Gasteiger partial charge in [-0.05, 0) is 62.4 Å². The fourth-order valence-corrected chi connectivity index (χ4v) is 4.63. The third-order valence-corrected chi connectivity index (χ3v) is 5.97. The van der Waals surface area contributed by atoms with E-state index in [4.69, 9.17) is 9.47 Å². The molecule has 5 heteroatoms. The van der Waals surface area contributed by atoms with E-state index < -0.39 is 0 Å². The quantitative estimate of drug-likeness (QED) is 0.899. The Morgan fingerprint density at radius 2 is 1.88 bits per heavy atom. The standard InChI is InChI=1S/C21H30N2O3/c24-21(14-16-7-8-19-20(13-16)26-12-4-11-25-19)22-15-17-5-3-10-23-9-2-1-6-18(17)23/h7-8,13,17-18H,1-6,9-12,14-15H2,(H,22,24)/t17-,18+/m1/s1. The second-order valence-electron chi connectivity index (χ2n) is 7.81. The van der Waals surface area contributed by atoms with Crippen LogP contribution >= 0.6 is 0 Å². The van der Waals surface area contributed by atoms with Crippen molar-refractivity contribution in [2.75, 3.05) is 32.8 Å². The minimum Gasteiger partial charge on any atom is -0.490 e. The highest BCUT2D eigenvalue weighted by Crippen LogP contribution is 2.31. The van der Waals surface area contributed by atoms with Crippen LogP contribution in [0.3, 0.4) is 0 Å². The molecule has 2 fully saturated rings. The number of carbonyl (C=O) groups excluding carboxylic acids is 1. The van der Waals surface area contributed by atoms with Crippen molar-refractivity contribution in [2.24, 2.45) is 5.92 Å². The highest BCUT2D eigenvalue weighted by molar-refractivity contribution is 5.78. The van der Waals surface area contributed by atoms with Crippen LogP contribution in [0, 0.1) is 5.92 Å². The summed E-state index contributed by atoms with van der Waals surface area (Å²) in [4.78, 5) is 15.1. The van der Waals surface area contributed by atoms with Crippen molar-refractivity contribution in [1.82, 2.24) is 10.2 Å². The van der Waals surface area contributed by atoms with Crippen LogP contribution in [-0.4, -0.2) is 49.7 Å². The Hall–Kier alpha value is -1.75. The number of piperidine rings is 2. The average Bonchev–Trinajstić information content (AvgIpc) is 2.91. The number of hydrogen-bond donors (Lipinski definition) is 1. The molecule has 4 rings (SSSR count). The number of carbonyl (C=O) groups is 1. The molecule has 1 aromatic rings. The SMILES string of the molecule is O=C(Cc1ccc2c(c1)OCCCO2)NC[C@H]1CCCN2CCCC[C@@H]12. The lowest BCUT2D eigenvalue weighted by Crippen LogP contribution is -2.51. The Labute approximate surface area is 156 Å². The summed E-state index contributed by atoms with van der Waals surface area (Å²) in [7, 11) is 0. The molecule has 0 aliphatic carbocycles. The Balaban J connectivity index is 1.30. The lowest BCUT2D eigenvalue weighted by atomic mass is 9.83. The summed E-state index contributed by atoms with van der Waals surface area (Å²) >= 11 is 0. The van der Waals surface area contributed by atoms with E-state index in [1.165, 1.54) is 45.2 Å². The van der Waals surface area contributed by atoms with Gasteiger partial charge in [0.25, 0.3) is 0 Å². The minimum absolute atomic E-state index is 0.104. The van der Waals surface area contributed by atoms with Crippen LogP contribution in [0.4, 0.5) is 0 Å². The lowest BCUT2D eigenvalue weighted by Gasteiger charge is -2.44. The van der Waals surface area contributed by atoms with Gasteiger partial charge in [-0.25, -0.2) is 0 Å². The van der Waals surface area contributed by atoms with Crippen molar-refractivity contribution in [3.63, 3.8) is 0 Å². The van der Waals surface area contributed by atoms with Gasteiger partial charge in [-0.15, -0.1) is 0 Å². The number of amides is 1. The molecule has 5 nitrogen and oxygen atoms in total. The molecule has 0 spiro atoms. The number of hydrogen-bond acceptors (Lipinski definition) is 4. The molecule has 0 radical (unpaired) electrons. The lowest BCUT2D eigenvalue weighted by molar-refractivity contribution is -0.120. The van der Waals surface area contributed by atoms with Gasteiger partial charge in [0.1, 0.15) is 0 Å². The first-order valence-corrected chi connectivity index (χ1v) is 10.2. The molecule has 142 valence electrons. The first kappa shape index (κ1) is 17.7. The van der Waals surface area contributed by atoms with Crippen molar-refractivity contribution in [3.8, 4) is 11.5 Å². The van der Waals surface area contributed by atoms with Crippen LogP contribution in [0.5, 0.6) is 11.5 Å². The van der Waals surface area contributed by atoms with Crippen molar-refractivity contribution in [3.05, 3.63) is 23.8 Å². The van der Waals surface area contributed by atoms with Gasteiger partial charge < -0.3 is 19.7 Å². The molecule has 0 saturated carbocycles. The zero-order valence-corrected chi connectivity index (χ0v) is 15.5. The number of nitrogens with zero attached hydrogens (tertiary/aromatic N) is 1. The van der Waals surface area contributed by atoms with Crippen molar-refractivity contribution < 1.29 is 14.3 Å². The van der Waals surface area contributed by atoms with E-state index in [9.17, 15) is 4.79 Å². The maximum absolute atomic E-state index is 12.5. The van der Waals surface area contributed by atoms with Gasteiger partial charge in [0.15, 0.2) is 11.5 Å². The van der Waals surface area contributed by atoms with E-state index in [0.717, 1.165) is 30.0 Å². The monoisotopic (exact) mass is 358 g/mol. The Morgan fingerprint density at radius 3 is 2.81 bits per heavy atom. The molecule has 0 aromatic heterocycles. The fraction of sp³-hybridized carbons (Fsp3) is 0.667. The molecule has 26 heavy (non-hydrogen) atoms. The minimum atomic E-state index is 0.104. The summed E-state index contributed by atoms with van der Waals surface area (Å²) in [5.74, 6) is 2.26. The fourth-order valence-electron chi connectivity index (χ4n) is 4.63. The van der Waals surface area contributed by atoms with Crippen molar-refractivity contribution in [1.29, 1.82) is 0 Å². The van der Waals surface area contributed by atoms with Gasteiger partial charge in [0, 0.05) is 19.0 Å². The zero-order valence-electron chi connectivity index (χ0n) is 15.5. The predicted octanol–water partition coefficient (Wildman–Crippen LogP) is 2.77. The number of benzene rings is 1. The number of rotatable bonds is 4. The van der Waals surface area contributed by atoms with Crippen molar-refractivity contribution >= 4 is 5.91 Å². The summed E-state index contributed by atoms with van der Waals surface area (Å²) in [6, 6.07) is 6.51.